The zero-order valence-electron chi connectivity index (χ0n) is 11.2. The van der Waals surface area contributed by atoms with E-state index in [1.54, 1.807) is 6.07 Å². The second-order valence-electron chi connectivity index (χ2n) is 4.58. The Morgan fingerprint density at radius 3 is 2.60 bits per heavy atom. The Kier molecular flexibility index (Phi) is 5.96. The molecular formula is C17H17BrO2. The number of ketones is 1. The van der Waals surface area contributed by atoms with Gasteiger partial charge in [-0.25, -0.2) is 0 Å². The van der Waals surface area contributed by atoms with Gasteiger partial charge in [-0.2, -0.15) is 0 Å². The van der Waals surface area contributed by atoms with Crippen LogP contribution in [0.5, 0.6) is 0 Å². The van der Waals surface area contributed by atoms with Crippen LogP contribution in [0.15, 0.2) is 59.1 Å². The Bertz CT molecular complexity index is 552. The number of ether oxygens (including phenoxy) is 1. The molecule has 0 aliphatic heterocycles. The molecule has 0 heterocycles. The maximum absolute atomic E-state index is 11.9. The average Bonchev–Trinajstić information content (AvgIpc) is 2.48. The monoisotopic (exact) mass is 332 g/mol. The van der Waals surface area contributed by atoms with Crippen LogP contribution >= 0.6 is 15.9 Å². The van der Waals surface area contributed by atoms with Crippen LogP contribution in [-0.2, 0) is 11.2 Å². The predicted molar refractivity (Wildman–Crippen MR) is 84.1 cm³/mol. The summed E-state index contributed by atoms with van der Waals surface area (Å²) in [6.45, 7) is 0.750. The van der Waals surface area contributed by atoms with Crippen molar-refractivity contribution in [3.63, 3.8) is 0 Å². The number of hydrogen-bond acceptors (Lipinski definition) is 2. The molecule has 20 heavy (non-hydrogen) atoms. The standard InChI is InChI=1S/C17H17BrO2/c18-16-10-4-9-15(12-16)17(19)13-20-11-5-8-14-6-2-1-3-7-14/h1-4,6-7,9-10,12H,5,8,11,13H2. The number of benzene rings is 2. The van der Waals surface area contributed by atoms with Gasteiger partial charge in [0.2, 0.25) is 0 Å². The SMILES string of the molecule is O=C(COCCCc1ccccc1)c1cccc(Br)c1. The molecule has 0 amide bonds. The van der Waals surface area contributed by atoms with E-state index in [9.17, 15) is 4.79 Å². The van der Waals surface area contributed by atoms with Crippen LogP contribution in [0.3, 0.4) is 0 Å². The first-order chi connectivity index (χ1) is 9.75. The highest BCUT2D eigenvalue weighted by atomic mass is 79.9. The molecule has 0 radical (unpaired) electrons. The molecule has 104 valence electrons. The fourth-order valence-corrected chi connectivity index (χ4v) is 2.33. The van der Waals surface area contributed by atoms with E-state index >= 15 is 0 Å². The molecule has 2 aromatic rings. The molecule has 0 saturated heterocycles. The molecule has 0 bridgehead atoms. The highest BCUT2D eigenvalue weighted by molar-refractivity contribution is 9.10. The van der Waals surface area contributed by atoms with Gasteiger partial charge in [0.1, 0.15) is 6.61 Å². The quantitative estimate of drug-likeness (QED) is 0.558. The van der Waals surface area contributed by atoms with Gasteiger partial charge in [0.25, 0.3) is 0 Å². The van der Waals surface area contributed by atoms with Crippen LogP contribution in [0.2, 0.25) is 0 Å². The number of carbonyl (C=O) groups is 1. The summed E-state index contributed by atoms with van der Waals surface area (Å²) in [5.41, 5.74) is 1.98. The highest BCUT2D eigenvalue weighted by Crippen LogP contribution is 2.12. The van der Waals surface area contributed by atoms with Gasteiger partial charge in [-0.05, 0) is 30.5 Å². The van der Waals surface area contributed by atoms with Crippen molar-refractivity contribution in [3.8, 4) is 0 Å². The molecule has 0 unspecified atom stereocenters. The fraction of sp³-hybridized carbons (Fsp3) is 0.235. The van der Waals surface area contributed by atoms with Crippen LogP contribution in [0.25, 0.3) is 0 Å². The van der Waals surface area contributed by atoms with Gasteiger partial charge in [-0.15, -0.1) is 0 Å². The normalized spacial score (nSPS) is 10.4. The second kappa shape index (κ2) is 7.98. The zero-order chi connectivity index (χ0) is 14.2. The van der Waals surface area contributed by atoms with E-state index in [2.05, 4.69) is 28.1 Å². The van der Waals surface area contributed by atoms with Gasteiger partial charge in [-0.1, -0.05) is 58.4 Å². The van der Waals surface area contributed by atoms with Crippen LogP contribution in [0.4, 0.5) is 0 Å². The fourth-order valence-electron chi connectivity index (χ4n) is 1.93. The zero-order valence-corrected chi connectivity index (χ0v) is 12.8. The van der Waals surface area contributed by atoms with Crippen molar-refractivity contribution >= 4 is 21.7 Å². The van der Waals surface area contributed by atoms with Crippen molar-refractivity contribution in [2.75, 3.05) is 13.2 Å². The number of rotatable bonds is 7. The Morgan fingerprint density at radius 1 is 1.05 bits per heavy atom. The summed E-state index contributed by atoms with van der Waals surface area (Å²) in [6, 6.07) is 17.7. The highest BCUT2D eigenvalue weighted by Gasteiger charge is 2.05. The topological polar surface area (TPSA) is 26.3 Å². The lowest BCUT2D eigenvalue weighted by Crippen LogP contribution is -2.10. The molecule has 0 aliphatic carbocycles. The second-order valence-corrected chi connectivity index (χ2v) is 5.49. The van der Waals surface area contributed by atoms with E-state index in [-0.39, 0.29) is 12.4 Å². The molecule has 2 aromatic carbocycles. The van der Waals surface area contributed by atoms with E-state index < -0.39 is 0 Å². The number of aryl methyl sites for hydroxylation is 1. The predicted octanol–water partition coefficient (Wildman–Crippen LogP) is 4.28. The van der Waals surface area contributed by atoms with Crippen molar-refractivity contribution in [2.45, 2.75) is 12.8 Å². The molecule has 0 saturated carbocycles. The van der Waals surface area contributed by atoms with E-state index in [1.165, 1.54) is 5.56 Å². The molecule has 3 heteroatoms. The minimum absolute atomic E-state index is 0.0195. The van der Waals surface area contributed by atoms with Gasteiger partial charge >= 0.3 is 0 Å². The van der Waals surface area contributed by atoms with Gasteiger partial charge in [0.05, 0.1) is 0 Å². The van der Waals surface area contributed by atoms with Crippen molar-refractivity contribution < 1.29 is 9.53 Å². The summed E-state index contributed by atoms with van der Waals surface area (Å²) in [5, 5.41) is 0. The number of carbonyl (C=O) groups excluding carboxylic acids is 1. The first-order valence-corrected chi connectivity index (χ1v) is 7.45. The molecule has 0 spiro atoms. The number of Topliss-reactive ketones (excluding diaryl/α,β-unsaturated/α-hetero) is 1. The molecule has 0 N–H and O–H groups in total. The summed E-state index contributed by atoms with van der Waals surface area (Å²) in [7, 11) is 0. The molecule has 2 rings (SSSR count). The molecular weight excluding hydrogens is 316 g/mol. The number of hydrogen-bond donors (Lipinski definition) is 0. The summed E-state index contributed by atoms with van der Waals surface area (Å²) in [6.07, 6.45) is 1.90. The van der Waals surface area contributed by atoms with Crippen molar-refractivity contribution in [3.05, 3.63) is 70.2 Å². The van der Waals surface area contributed by atoms with E-state index in [4.69, 9.17) is 4.74 Å². The van der Waals surface area contributed by atoms with E-state index in [0.717, 1.165) is 17.3 Å². The Labute approximate surface area is 127 Å². The summed E-state index contributed by atoms with van der Waals surface area (Å²) in [5.74, 6) is 0.0195. The van der Waals surface area contributed by atoms with Crippen LogP contribution in [-0.4, -0.2) is 19.0 Å². The van der Waals surface area contributed by atoms with Crippen molar-refractivity contribution in [1.82, 2.24) is 0 Å². The third-order valence-corrected chi connectivity index (χ3v) is 3.47. The Balaban J connectivity index is 1.67. The smallest absolute Gasteiger partial charge is 0.188 e. The van der Waals surface area contributed by atoms with Gasteiger partial charge in [0, 0.05) is 16.6 Å². The minimum atomic E-state index is 0.0195. The summed E-state index contributed by atoms with van der Waals surface area (Å²) >= 11 is 3.36. The van der Waals surface area contributed by atoms with Gasteiger partial charge in [-0.3, -0.25) is 4.79 Å². The molecule has 0 aliphatic rings. The van der Waals surface area contributed by atoms with Gasteiger partial charge < -0.3 is 4.74 Å². The molecule has 2 nitrogen and oxygen atoms in total. The Hall–Kier alpha value is -1.45. The summed E-state index contributed by atoms with van der Waals surface area (Å²) < 4.78 is 6.36. The van der Waals surface area contributed by atoms with Crippen LogP contribution < -0.4 is 0 Å². The largest absolute Gasteiger partial charge is 0.373 e. The van der Waals surface area contributed by atoms with Crippen molar-refractivity contribution in [1.29, 1.82) is 0 Å². The lowest BCUT2D eigenvalue weighted by molar-refractivity contribution is 0.0756. The van der Waals surface area contributed by atoms with Crippen LogP contribution in [0.1, 0.15) is 22.3 Å². The van der Waals surface area contributed by atoms with E-state index in [0.29, 0.717) is 12.2 Å². The maximum atomic E-state index is 11.9. The van der Waals surface area contributed by atoms with Crippen molar-refractivity contribution in [2.24, 2.45) is 0 Å². The molecule has 0 atom stereocenters. The first-order valence-electron chi connectivity index (χ1n) is 6.66. The molecule has 0 aromatic heterocycles. The van der Waals surface area contributed by atoms with Crippen LogP contribution in [0, 0.1) is 0 Å². The summed E-state index contributed by atoms with van der Waals surface area (Å²) in [4.78, 5) is 11.9. The lowest BCUT2D eigenvalue weighted by Gasteiger charge is -2.04. The Morgan fingerprint density at radius 2 is 1.85 bits per heavy atom. The van der Waals surface area contributed by atoms with E-state index in [1.807, 2.05) is 36.4 Å². The number of halogens is 1. The minimum Gasteiger partial charge on any atom is -0.373 e. The lowest BCUT2D eigenvalue weighted by atomic mass is 10.1. The first kappa shape index (κ1) is 14.9. The molecule has 0 fully saturated rings. The maximum Gasteiger partial charge on any atom is 0.188 e. The third kappa shape index (κ3) is 4.91. The van der Waals surface area contributed by atoms with Gasteiger partial charge in [0.15, 0.2) is 5.78 Å². The average molecular weight is 333 g/mol. The third-order valence-electron chi connectivity index (χ3n) is 2.98.